The molecule has 0 aliphatic rings. The number of imidazole rings is 1. The Balaban J connectivity index is 2.83. The largest absolute Gasteiger partial charge is 0.313 e. The van der Waals surface area contributed by atoms with E-state index >= 15 is 0 Å². The Morgan fingerprint density at radius 1 is 1.36 bits per heavy atom. The molecule has 0 amide bonds. The standard InChI is InChI=1S/C11H11N3/c1-8(2)14-10-6-4-3-5-9(10)13-11(14)7-12/h3-6,8H,1-2H3. The molecular formula is C11H11N3. The molecule has 0 N–H and O–H groups in total. The number of para-hydroxylation sites is 2. The summed E-state index contributed by atoms with van der Waals surface area (Å²) in [5.74, 6) is 0.487. The van der Waals surface area contributed by atoms with Crippen molar-refractivity contribution in [3.8, 4) is 6.07 Å². The fourth-order valence-corrected chi connectivity index (χ4v) is 1.65. The summed E-state index contributed by atoms with van der Waals surface area (Å²) >= 11 is 0. The van der Waals surface area contributed by atoms with Crippen LogP contribution < -0.4 is 0 Å². The number of nitriles is 1. The van der Waals surface area contributed by atoms with Crippen LogP contribution in [0.1, 0.15) is 25.7 Å². The summed E-state index contributed by atoms with van der Waals surface area (Å²) in [4.78, 5) is 4.25. The van der Waals surface area contributed by atoms with Crippen LogP contribution in [-0.4, -0.2) is 9.55 Å². The first-order chi connectivity index (χ1) is 6.74. The van der Waals surface area contributed by atoms with E-state index < -0.39 is 0 Å². The summed E-state index contributed by atoms with van der Waals surface area (Å²) in [6.45, 7) is 4.10. The number of nitrogens with zero attached hydrogens (tertiary/aromatic N) is 3. The molecule has 0 aliphatic carbocycles. The highest BCUT2D eigenvalue weighted by Gasteiger charge is 2.11. The topological polar surface area (TPSA) is 41.6 Å². The number of benzene rings is 1. The Labute approximate surface area is 82.6 Å². The predicted octanol–water partition coefficient (Wildman–Crippen LogP) is 2.49. The van der Waals surface area contributed by atoms with Crippen LogP contribution in [0.2, 0.25) is 0 Å². The van der Waals surface area contributed by atoms with E-state index in [1.54, 1.807) is 0 Å². The second-order valence-corrected chi connectivity index (χ2v) is 3.50. The number of fused-ring (bicyclic) bond motifs is 1. The monoisotopic (exact) mass is 185 g/mol. The van der Waals surface area contributed by atoms with E-state index in [2.05, 4.69) is 24.9 Å². The Morgan fingerprint density at radius 2 is 2.07 bits per heavy atom. The lowest BCUT2D eigenvalue weighted by atomic mass is 10.3. The molecule has 0 saturated heterocycles. The quantitative estimate of drug-likeness (QED) is 0.684. The van der Waals surface area contributed by atoms with Gasteiger partial charge in [0.15, 0.2) is 0 Å². The lowest BCUT2D eigenvalue weighted by molar-refractivity contribution is 0.610. The van der Waals surface area contributed by atoms with E-state index in [0.717, 1.165) is 11.0 Å². The maximum Gasteiger partial charge on any atom is 0.214 e. The van der Waals surface area contributed by atoms with Crippen molar-refractivity contribution in [2.75, 3.05) is 0 Å². The molecule has 14 heavy (non-hydrogen) atoms. The van der Waals surface area contributed by atoms with Gasteiger partial charge in [-0.15, -0.1) is 0 Å². The summed E-state index contributed by atoms with van der Waals surface area (Å²) in [7, 11) is 0. The summed E-state index contributed by atoms with van der Waals surface area (Å²) in [6, 6.07) is 10.2. The molecule has 1 aromatic heterocycles. The average molecular weight is 185 g/mol. The van der Waals surface area contributed by atoms with Crippen LogP contribution >= 0.6 is 0 Å². The van der Waals surface area contributed by atoms with Gasteiger partial charge >= 0.3 is 0 Å². The van der Waals surface area contributed by atoms with Gasteiger partial charge in [-0.05, 0) is 26.0 Å². The number of rotatable bonds is 1. The second-order valence-electron chi connectivity index (χ2n) is 3.50. The zero-order chi connectivity index (χ0) is 10.1. The van der Waals surface area contributed by atoms with Crippen LogP contribution in [-0.2, 0) is 0 Å². The minimum absolute atomic E-state index is 0.261. The molecule has 0 bridgehead atoms. The van der Waals surface area contributed by atoms with Crippen molar-refractivity contribution in [1.82, 2.24) is 9.55 Å². The molecule has 0 fully saturated rings. The average Bonchev–Trinajstić information content (AvgIpc) is 2.55. The van der Waals surface area contributed by atoms with Crippen molar-refractivity contribution in [3.63, 3.8) is 0 Å². The highest BCUT2D eigenvalue weighted by molar-refractivity contribution is 5.76. The number of hydrogen-bond donors (Lipinski definition) is 0. The molecule has 3 nitrogen and oxygen atoms in total. The molecule has 3 heteroatoms. The van der Waals surface area contributed by atoms with E-state index in [-0.39, 0.29) is 6.04 Å². The third-order valence-electron chi connectivity index (χ3n) is 2.21. The molecule has 0 atom stereocenters. The van der Waals surface area contributed by atoms with Gasteiger partial charge in [0.25, 0.3) is 0 Å². The van der Waals surface area contributed by atoms with Gasteiger partial charge in [0.2, 0.25) is 5.82 Å². The highest BCUT2D eigenvalue weighted by Crippen LogP contribution is 2.19. The van der Waals surface area contributed by atoms with Gasteiger partial charge in [0.1, 0.15) is 6.07 Å². The molecule has 0 radical (unpaired) electrons. The van der Waals surface area contributed by atoms with Crippen molar-refractivity contribution < 1.29 is 0 Å². The second kappa shape index (κ2) is 3.15. The minimum Gasteiger partial charge on any atom is -0.313 e. The van der Waals surface area contributed by atoms with Gasteiger partial charge in [-0.2, -0.15) is 5.26 Å². The smallest absolute Gasteiger partial charge is 0.214 e. The maximum atomic E-state index is 8.94. The lowest BCUT2D eigenvalue weighted by Gasteiger charge is -2.08. The van der Waals surface area contributed by atoms with Crippen LogP contribution in [0.25, 0.3) is 11.0 Å². The molecule has 2 rings (SSSR count). The Bertz CT molecular complexity index is 503. The normalized spacial score (nSPS) is 10.7. The van der Waals surface area contributed by atoms with Gasteiger partial charge in [0, 0.05) is 6.04 Å². The SMILES string of the molecule is CC(C)n1c(C#N)nc2ccccc21. The van der Waals surface area contributed by atoms with E-state index in [4.69, 9.17) is 5.26 Å². The van der Waals surface area contributed by atoms with Crippen LogP contribution in [0.15, 0.2) is 24.3 Å². The van der Waals surface area contributed by atoms with Gasteiger partial charge in [-0.25, -0.2) is 4.98 Å². The summed E-state index contributed by atoms with van der Waals surface area (Å²) < 4.78 is 1.95. The van der Waals surface area contributed by atoms with Gasteiger partial charge in [0.05, 0.1) is 11.0 Å². The number of aromatic nitrogens is 2. The molecular weight excluding hydrogens is 174 g/mol. The highest BCUT2D eigenvalue weighted by atomic mass is 15.1. The van der Waals surface area contributed by atoms with Crippen molar-refractivity contribution >= 4 is 11.0 Å². The van der Waals surface area contributed by atoms with Crippen LogP contribution in [0.3, 0.4) is 0 Å². The molecule has 0 spiro atoms. The van der Waals surface area contributed by atoms with E-state index in [1.165, 1.54) is 0 Å². The molecule has 0 unspecified atom stereocenters. The Hall–Kier alpha value is -1.82. The van der Waals surface area contributed by atoms with E-state index in [0.29, 0.717) is 5.82 Å². The predicted molar refractivity (Wildman–Crippen MR) is 54.8 cm³/mol. The third-order valence-corrected chi connectivity index (χ3v) is 2.21. The van der Waals surface area contributed by atoms with Crippen LogP contribution in [0, 0.1) is 11.3 Å². The minimum atomic E-state index is 0.261. The molecule has 2 aromatic rings. The van der Waals surface area contributed by atoms with E-state index in [9.17, 15) is 0 Å². The molecule has 0 saturated carbocycles. The van der Waals surface area contributed by atoms with Gasteiger partial charge in [-0.3, -0.25) is 0 Å². The summed E-state index contributed by atoms with van der Waals surface area (Å²) in [5, 5.41) is 8.94. The first-order valence-electron chi connectivity index (χ1n) is 4.61. The van der Waals surface area contributed by atoms with Crippen molar-refractivity contribution in [2.45, 2.75) is 19.9 Å². The van der Waals surface area contributed by atoms with Gasteiger partial charge < -0.3 is 4.57 Å². The van der Waals surface area contributed by atoms with Crippen molar-refractivity contribution in [3.05, 3.63) is 30.1 Å². The fourth-order valence-electron chi connectivity index (χ4n) is 1.65. The summed E-state index contributed by atoms with van der Waals surface area (Å²) in [5.41, 5.74) is 1.91. The van der Waals surface area contributed by atoms with Gasteiger partial charge in [-0.1, -0.05) is 12.1 Å². The summed E-state index contributed by atoms with van der Waals surface area (Å²) in [6.07, 6.45) is 0. The van der Waals surface area contributed by atoms with Crippen LogP contribution in [0.4, 0.5) is 0 Å². The maximum absolute atomic E-state index is 8.94. The molecule has 1 heterocycles. The molecule has 0 aliphatic heterocycles. The van der Waals surface area contributed by atoms with Crippen LogP contribution in [0.5, 0.6) is 0 Å². The fraction of sp³-hybridized carbons (Fsp3) is 0.273. The first-order valence-corrected chi connectivity index (χ1v) is 4.61. The first kappa shape index (κ1) is 8.76. The zero-order valence-electron chi connectivity index (χ0n) is 8.23. The zero-order valence-corrected chi connectivity index (χ0v) is 8.23. The molecule has 1 aromatic carbocycles. The van der Waals surface area contributed by atoms with Crippen molar-refractivity contribution in [1.29, 1.82) is 5.26 Å². The Kier molecular flexibility index (Phi) is 1.97. The molecule has 70 valence electrons. The van der Waals surface area contributed by atoms with Crippen molar-refractivity contribution in [2.24, 2.45) is 0 Å². The number of hydrogen-bond acceptors (Lipinski definition) is 2. The van der Waals surface area contributed by atoms with E-state index in [1.807, 2.05) is 28.8 Å². The lowest BCUT2D eigenvalue weighted by Crippen LogP contribution is -2.03. The third kappa shape index (κ3) is 1.16. The Morgan fingerprint density at radius 3 is 2.71 bits per heavy atom.